The first kappa shape index (κ1) is 61.7. The number of benzene rings is 6. The lowest BCUT2D eigenvalue weighted by molar-refractivity contribution is 0.166. The van der Waals surface area contributed by atoms with Crippen LogP contribution in [0.1, 0.15) is 41.5 Å². The van der Waals surface area contributed by atoms with Crippen LogP contribution in [-0.2, 0) is 40.8 Å². The maximum absolute atomic E-state index is 13.4. The summed E-state index contributed by atoms with van der Waals surface area (Å²) in [7, 11) is -25.4. The highest BCUT2D eigenvalue weighted by Crippen LogP contribution is 2.79. The fourth-order valence-corrected chi connectivity index (χ4v) is 19.8. The van der Waals surface area contributed by atoms with E-state index in [1.54, 1.807) is 114 Å². The molecule has 0 saturated heterocycles. The van der Waals surface area contributed by atoms with Gasteiger partial charge in [-0.2, -0.15) is 0 Å². The molecule has 0 fully saturated rings. The Hall–Kier alpha value is -3.90. The first-order chi connectivity index (χ1) is 37.4. The molecule has 1 aliphatic heterocycles. The van der Waals surface area contributed by atoms with E-state index >= 15 is 0 Å². The van der Waals surface area contributed by atoms with Crippen molar-refractivity contribution in [1.29, 1.82) is 0 Å². The van der Waals surface area contributed by atoms with Gasteiger partial charge < -0.3 is 40.7 Å². The lowest BCUT2D eigenvalue weighted by Crippen LogP contribution is -2.11. The number of halogens is 3. The van der Waals surface area contributed by atoms with E-state index in [9.17, 15) is 13.7 Å². The van der Waals surface area contributed by atoms with Gasteiger partial charge in [-0.3, -0.25) is 27.1 Å². The summed E-state index contributed by atoms with van der Waals surface area (Å²) < 4.78 is 149. The molecule has 21 nitrogen and oxygen atoms in total. The summed E-state index contributed by atoms with van der Waals surface area (Å²) in [5, 5.41) is 0. The van der Waals surface area contributed by atoms with Crippen molar-refractivity contribution in [1.82, 2.24) is 0 Å². The molecule has 0 aliphatic carbocycles. The average molecular weight is 1390 g/mol. The van der Waals surface area contributed by atoms with Gasteiger partial charge in [0.25, 0.3) is 0 Å². The molecular formula is C48H54Br3N3O18P6. The van der Waals surface area contributed by atoms with E-state index in [0.29, 0.717) is 0 Å². The highest BCUT2D eigenvalue weighted by atomic mass is 79.9. The average Bonchev–Trinajstić information content (AvgIpc) is 3.54. The first-order valence-electron chi connectivity index (χ1n) is 23.8. The van der Waals surface area contributed by atoms with E-state index in [4.69, 9.17) is 81.4 Å². The zero-order valence-electron chi connectivity index (χ0n) is 42.6. The van der Waals surface area contributed by atoms with Gasteiger partial charge in [0.15, 0.2) is 0 Å². The molecule has 6 aromatic rings. The van der Waals surface area contributed by atoms with Crippen LogP contribution in [0.25, 0.3) is 0 Å². The zero-order valence-corrected chi connectivity index (χ0v) is 52.7. The van der Waals surface area contributed by atoms with Gasteiger partial charge in [0.2, 0.25) is 0 Å². The maximum atomic E-state index is 13.4. The topological polar surface area (TPSA) is 227 Å². The van der Waals surface area contributed by atoms with E-state index < -0.39 is 46.4 Å². The predicted molar refractivity (Wildman–Crippen MR) is 308 cm³/mol. The number of phosphoric ester groups is 3. The molecule has 6 aromatic carbocycles. The van der Waals surface area contributed by atoms with Crippen LogP contribution in [0.2, 0.25) is 0 Å². The standard InChI is InChI=1S/C48H54Br3N3O18P6/c1-7-58-76(55,59-8-2)70-46-31-25-43(26-32-46)67-73(64-40-19-13-37(49)14-20-40)52-74(65-41-21-15-38(50)16-22-41,68-44-27-33-47(34-28-44)71-77(56,60-9-3)61-10-4)54-75(53-73,66-42-23-17-39(51)18-24-42)69-45-29-35-48(36-30-45)72-78(57,62-11-5)63-12-6/h13-36H,7-12H2,1-6H3. The van der Waals surface area contributed by atoms with E-state index in [0.717, 1.165) is 13.4 Å². The fraction of sp³-hybridized carbons (Fsp3) is 0.250. The molecule has 0 amide bonds. The Labute approximate surface area is 478 Å². The lowest BCUT2D eigenvalue weighted by Gasteiger charge is -2.33. The summed E-state index contributed by atoms with van der Waals surface area (Å²) in [6, 6.07) is 38.4. The van der Waals surface area contributed by atoms with Gasteiger partial charge in [0.1, 0.15) is 51.7 Å². The van der Waals surface area contributed by atoms with E-state index in [1.165, 1.54) is 72.8 Å². The third-order valence-electron chi connectivity index (χ3n) is 9.31. The zero-order chi connectivity index (χ0) is 55.9. The number of phosphoric acid groups is 3. The van der Waals surface area contributed by atoms with Crippen LogP contribution in [0.15, 0.2) is 173 Å². The minimum absolute atomic E-state index is 0.0567. The molecule has 0 spiro atoms. The molecule has 0 radical (unpaired) electrons. The smallest absolute Gasteiger partial charge is 0.413 e. The summed E-state index contributed by atoms with van der Waals surface area (Å²) in [5.74, 6) is 1.35. The van der Waals surface area contributed by atoms with Crippen molar-refractivity contribution < 1.29 is 81.6 Å². The highest BCUT2D eigenvalue weighted by Gasteiger charge is 2.49. The Kier molecular flexibility index (Phi) is 22.3. The molecule has 1 heterocycles. The first-order valence-corrected chi connectivity index (χ1v) is 35.1. The normalized spacial score (nSPS) is 18.3. The van der Waals surface area contributed by atoms with E-state index in [1.807, 2.05) is 0 Å². The molecule has 78 heavy (non-hydrogen) atoms. The molecule has 0 bridgehead atoms. The monoisotopic (exact) mass is 1380 g/mol. The molecule has 0 unspecified atom stereocenters. The Bertz CT molecular complexity index is 2870. The Morgan fingerprint density at radius 2 is 0.449 bits per heavy atom. The summed E-state index contributed by atoms with van der Waals surface area (Å²) >= 11 is 10.5. The molecule has 1 aliphatic rings. The SMILES string of the molecule is CCOP(=O)(OCC)Oc1ccc(OP2(Oc3ccc(Br)cc3)=NP(Oc3ccc(Br)cc3)(Oc3ccc(OP(=O)(OCC)OCC)cc3)=NP(Oc3ccc(Br)cc3)(Oc3ccc(OP(=O)(OCC)OCC)cc3)=N2)cc1. The maximum Gasteiger partial charge on any atom is 0.530 e. The minimum Gasteiger partial charge on any atom is -0.413 e. The summed E-state index contributed by atoms with van der Waals surface area (Å²) in [6.45, 7) is 10.3. The molecule has 0 N–H and O–H groups in total. The van der Waals surface area contributed by atoms with Crippen LogP contribution in [0, 0.1) is 0 Å². The van der Waals surface area contributed by atoms with Gasteiger partial charge in [-0.1, -0.05) is 61.3 Å². The quantitative estimate of drug-likeness (QED) is 0.0382. The van der Waals surface area contributed by atoms with Crippen molar-refractivity contribution in [3.05, 3.63) is 159 Å². The second-order valence-electron chi connectivity index (χ2n) is 15.2. The molecule has 0 aromatic heterocycles. The van der Waals surface area contributed by atoms with Crippen molar-refractivity contribution in [3.63, 3.8) is 0 Å². The third-order valence-corrected chi connectivity index (χ3v) is 23.8. The number of nitrogens with zero attached hydrogens (tertiary/aromatic N) is 3. The Morgan fingerprint density at radius 1 is 0.295 bits per heavy atom. The number of hydrogen-bond acceptors (Lipinski definition) is 21. The summed E-state index contributed by atoms with van der Waals surface area (Å²) in [5.41, 5.74) is 0. The van der Waals surface area contributed by atoms with Crippen molar-refractivity contribution in [2.75, 3.05) is 39.6 Å². The van der Waals surface area contributed by atoms with Gasteiger partial charge in [-0.25, -0.2) is 13.7 Å². The van der Waals surface area contributed by atoms with Crippen molar-refractivity contribution >= 4 is 94.2 Å². The highest BCUT2D eigenvalue weighted by molar-refractivity contribution is 9.11. The largest absolute Gasteiger partial charge is 0.530 e. The molecular weight excluding hydrogens is 1330 g/mol. The van der Waals surface area contributed by atoms with E-state index in [-0.39, 0.29) is 91.4 Å². The Morgan fingerprint density at radius 3 is 0.615 bits per heavy atom. The summed E-state index contributed by atoms with van der Waals surface area (Å²) in [6.07, 6.45) is 0. The molecule has 0 atom stereocenters. The second kappa shape index (κ2) is 28.2. The van der Waals surface area contributed by atoms with E-state index in [2.05, 4.69) is 47.8 Å². The molecule has 0 saturated carbocycles. The Balaban J connectivity index is 1.50. The van der Waals surface area contributed by atoms with Gasteiger partial charge in [0, 0.05) is 13.4 Å². The van der Waals surface area contributed by atoms with Crippen molar-refractivity contribution in [2.45, 2.75) is 41.5 Å². The van der Waals surface area contributed by atoms with Crippen LogP contribution in [0.4, 0.5) is 0 Å². The van der Waals surface area contributed by atoms with Crippen LogP contribution >= 0.6 is 94.2 Å². The van der Waals surface area contributed by atoms with Crippen molar-refractivity contribution in [2.24, 2.45) is 13.5 Å². The van der Waals surface area contributed by atoms with Gasteiger partial charge in [-0.15, -0.1) is 0 Å². The minimum atomic E-state index is -4.46. The molecule has 7 rings (SSSR count). The van der Waals surface area contributed by atoms with Gasteiger partial charge >= 0.3 is 46.4 Å². The molecule has 420 valence electrons. The van der Waals surface area contributed by atoms with Crippen LogP contribution in [0.3, 0.4) is 0 Å². The predicted octanol–water partition coefficient (Wildman–Crippen LogP) is 19.3. The van der Waals surface area contributed by atoms with Crippen LogP contribution in [-0.4, -0.2) is 39.6 Å². The molecule has 30 heteroatoms. The number of rotatable bonds is 30. The fourth-order valence-electron chi connectivity index (χ4n) is 6.36. The lowest BCUT2D eigenvalue weighted by atomic mass is 10.3. The second-order valence-corrected chi connectivity index (χ2v) is 28.9. The van der Waals surface area contributed by atoms with Gasteiger partial charge in [0.05, 0.1) is 39.6 Å². The third kappa shape index (κ3) is 17.8. The summed E-state index contributed by atoms with van der Waals surface area (Å²) in [4.78, 5) is 0. The van der Waals surface area contributed by atoms with Crippen molar-refractivity contribution in [3.8, 4) is 51.7 Å². The van der Waals surface area contributed by atoms with Gasteiger partial charge in [-0.05, 0) is 187 Å². The number of hydrogen-bond donors (Lipinski definition) is 0. The van der Waals surface area contributed by atoms with Crippen LogP contribution < -0.4 is 40.7 Å². The van der Waals surface area contributed by atoms with Crippen LogP contribution in [0.5, 0.6) is 51.7 Å².